The number of carboxylic acid groups (broad SMARTS) is 1. The van der Waals surface area contributed by atoms with Crippen molar-refractivity contribution in [3.63, 3.8) is 0 Å². The summed E-state index contributed by atoms with van der Waals surface area (Å²) in [4.78, 5) is 120. The standard InChI is InChI=1S/C52H82N16O9/c1-5-31(4)43(68-48(74)41(27-33-28-61-36-18-10-9-17-34(33)36)67-44(70)35(54)26-32-15-7-6-8-16-32)49(75)62-29-42(69)63-40(25-30(2)3)47(73)65-38(20-13-23-59-51(55)56)45(71)64-37(19-11-12-22-53)46(72)66-39(50(76)77)21-14-24-60-52(57)58/h6-10,15-18,28,30-31,35,37-41,43,61H,5,11-14,19-27,29,53-54H2,1-4H3,(H,62,75)(H,63,69)(H,64,71)(H,65,73)(H,66,72)(H,67,70)(H,68,74)(H,76,77)(H4,55,56,59)(H4,57,58,60)/t31-,35-,37-,38-,39-,40-,41-,43-/m0/s1. The SMILES string of the molecule is CC[C@H](C)[C@H](NC(=O)[C@H](Cc1c[nH]c2ccccc12)NC(=O)[C@@H](N)Cc1ccccc1)C(=O)NCC(=O)N[C@@H](CC(C)C)C(=O)N[C@@H](CCCN=C(N)N)C(=O)N[C@@H](CCCCN)C(=O)N[C@@H](CCCN=C(N)N)C(=O)O. The molecule has 0 aliphatic heterocycles. The first-order valence-electron chi connectivity index (χ1n) is 26.1. The molecule has 77 heavy (non-hydrogen) atoms. The lowest BCUT2D eigenvalue weighted by molar-refractivity contribution is -0.142. The number of amides is 7. The molecule has 8 atom stereocenters. The fourth-order valence-corrected chi connectivity index (χ4v) is 8.26. The van der Waals surface area contributed by atoms with Crippen LogP contribution in [-0.4, -0.2) is 138 Å². The number of nitrogens with zero attached hydrogens (tertiary/aromatic N) is 2. The van der Waals surface area contributed by atoms with E-state index >= 15 is 0 Å². The zero-order valence-electron chi connectivity index (χ0n) is 44.6. The maximum Gasteiger partial charge on any atom is 0.326 e. The summed E-state index contributed by atoms with van der Waals surface area (Å²) < 4.78 is 0. The number of hydrogen-bond donors (Lipinski definition) is 15. The van der Waals surface area contributed by atoms with Crippen molar-refractivity contribution in [2.45, 2.75) is 141 Å². The van der Waals surface area contributed by atoms with E-state index in [4.69, 9.17) is 34.4 Å². The van der Waals surface area contributed by atoms with E-state index in [1.807, 2.05) is 75.4 Å². The average molecular weight is 1080 g/mol. The number of nitrogens with two attached hydrogens (primary N) is 6. The fourth-order valence-electron chi connectivity index (χ4n) is 8.26. The number of aromatic nitrogens is 1. The van der Waals surface area contributed by atoms with Crippen molar-refractivity contribution < 1.29 is 43.5 Å². The molecule has 0 bridgehead atoms. The second-order valence-electron chi connectivity index (χ2n) is 19.5. The van der Waals surface area contributed by atoms with Crippen LogP contribution in [0.5, 0.6) is 0 Å². The van der Waals surface area contributed by atoms with E-state index in [2.05, 4.69) is 52.2 Å². The third kappa shape index (κ3) is 22.9. The number of hydrogen-bond acceptors (Lipinski definition) is 12. The van der Waals surface area contributed by atoms with E-state index in [1.165, 1.54) is 0 Å². The van der Waals surface area contributed by atoms with Crippen molar-refractivity contribution in [3.05, 3.63) is 71.9 Å². The fraction of sp³-hybridized carbons (Fsp3) is 0.538. The third-order valence-corrected chi connectivity index (χ3v) is 12.7. The Bertz CT molecular complexity index is 2460. The molecule has 0 saturated carbocycles. The summed E-state index contributed by atoms with van der Waals surface area (Å²) >= 11 is 0. The predicted octanol–water partition coefficient (Wildman–Crippen LogP) is -1.28. The Balaban J connectivity index is 1.79. The Hall–Kier alpha value is -7.80. The molecule has 25 nitrogen and oxygen atoms in total. The van der Waals surface area contributed by atoms with Crippen molar-refractivity contribution in [3.8, 4) is 0 Å². The summed E-state index contributed by atoms with van der Waals surface area (Å²) in [6, 6.07) is 8.25. The number of benzene rings is 2. The van der Waals surface area contributed by atoms with Gasteiger partial charge in [-0.15, -0.1) is 0 Å². The van der Waals surface area contributed by atoms with Crippen molar-refractivity contribution in [1.82, 2.24) is 42.2 Å². The Labute approximate surface area is 449 Å². The molecule has 1 heterocycles. The zero-order valence-corrected chi connectivity index (χ0v) is 44.6. The summed E-state index contributed by atoms with van der Waals surface area (Å²) in [7, 11) is 0. The van der Waals surface area contributed by atoms with E-state index in [1.54, 1.807) is 13.1 Å². The molecule has 2 aromatic carbocycles. The summed E-state index contributed by atoms with van der Waals surface area (Å²) in [6.45, 7) is 7.08. The van der Waals surface area contributed by atoms with Gasteiger partial charge in [0, 0.05) is 36.6 Å². The number of carbonyl (C=O) groups is 8. The first-order valence-corrected chi connectivity index (χ1v) is 26.1. The average Bonchev–Trinajstić information content (AvgIpc) is 3.80. The molecule has 25 heteroatoms. The molecule has 3 rings (SSSR count). The number of carbonyl (C=O) groups excluding carboxylic acids is 7. The number of guanidine groups is 2. The van der Waals surface area contributed by atoms with Gasteiger partial charge in [-0.2, -0.15) is 0 Å². The van der Waals surface area contributed by atoms with Crippen molar-refractivity contribution >= 4 is 70.1 Å². The van der Waals surface area contributed by atoms with Gasteiger partial charge in [-0.1, -0.05) is 82.6 Å². The van der Waals surface area contributed by atoms with Crippen LogP contribution in [0.1, 0.15) is 96.6 Å². The van der Waals surface area contributed by atoms with Crippen LogP contribution < -0.4 is 71.6 Å². The second-order valence-corrected chi connectivity index (χ2v) is 19.5. The monoisotopic (exact) mass is 1070 g/mol. The lowest BCUT2D eigenvalue weighted by atomic mass is 9.97. The Morgan fingerprint density at radius 1 is 0.610 bits per heavy atom. The number of carboxylic acids is 1. The van der Waals surface area contributed by atoms with E-state index < -0.39 is 102 Å². The molecule has 21 N–H and O–H groups in total. The van der Waals surface area contributed by atoms with Crippen LogP contribution >= 0.6 is 0 Å². The van der Waals surface area contributed by atoms with E-state index in [-0.39, 0.29) is 88.8 Å². The van der Waals surface area contributed by atoms with Gasteiger partial charge >= 0.3 is 5.97 Å². The first kappa shape index (κ1) is 63.5. The largest absolute Gasteiger partial charge is 0.480 e. The van der Waals surface area contributed by atoms with Gasteiger partial charge in [0.1, 0.15) is 36.3 Å². The second kappa shape index (κ2) is 33.3. The Morgan fingerprint density at radius 2 is 1.14 bits per heavy atom. The van der Waals surface area contributed by atoms with Gasteiger partial charge in [0.15, 0.2) is 11.9 Å². The highest BCUT2D eigenvalue weighted by molar-refractivity contribution is 5.97. The van der Waals surface area contributed by atoms with Gasteiger partial charge in [0.05, 0.1) is 12.6 Å². The Kier molecular flexibility index (Phi) is 27.4. The molecular weight excluding hydrogens is 993 g/mol. The Morgan fingerprint density at radius 3 is 1.71 bits per heavy atom. The van der Waals surface area contributed by atoms with E-state index in [0.29, 0.717) is 19.3 Å². The molecule has 0 aliphatic carbocycles. The molecule has 7 amide bonds. The highest BCUT2D eigenvalue weighted by Crippen LogP contribution is 2.20. The molecule has 0 unspecified atom stereocenters. The van der Waals surface area contributed by atoms with E-state index in [9.17, 15) is 43.5 Å². The number of para-hydroxylation sites is 1. The number of nitrogens with one attached hydrogen (secondary N) is 8. The normalized spacial score (nSPS) is 14.2. The smallest absolute Gasteiger partial charge is 0.326 e. The molecule has 1 aromatic heterocycles. The van der Waals surface area contributed by atoms with Gasteiger partial charge in [-0.25, -0.2) is 4.79 Å². The molecule has 0 radical (unpaired) electrons. The summed E-state index contributed by atoms with van der Waals surface area (Å²) in [5, 5.41) is 29.4. The molecule has 0 fully saturated rings. The quantitative estimate of drug-likeness (QED) is 0.0185. The molecule has 0 spiro atoms. The van der Waals surface area contributed by atoms with Gasteiger partial charge < -0.3 is 81.7 Å². The van der Waals surface area contributed by atoms with E-state index in [0.717, 1.165) is 22.0 Å². The number of aliphatic carboxylic acids is 1. The van der Waals surface area contributed by atoms with Gasteiger partial charge in [0.25, 0.3) is 0 Å². The van der Waals surface area contributed by atoms with Crippen LogP contribution in [0, 0.1) is 11.8 Å². The van der Waals surface area contributed by atoms with Gasteiger partial charge in [-0.3, -0.25) is 43.5 Å². The number of aliphatic imine (C=N–C) groups is 2. The number of fused-ring (bicyclic) bond motifs is 1. The van der Waals surface area contributed by atoms with Crippen LogP contribution in [0.2, 0.25) is 0 Å². The maximum atomic E-state index is 14.3. The minimum atomic E-state index is -1.34. The molecule has 3 aromatic rings. The number of aromatic amines is 1. The first-order chi connectivity index (χ1) is 36.6. The summed E-state index contributed by atoms with van der Waals surface area (Å²) in [5.74, 6) is -7.31. The maximum absolute atomic E-state index is 14.3. The van der Waals surface area contributed by atoms with Crippen molar-refractivity contribution in [2.24, 2.45) is 56.2 Å². The van der Waals surface area contributed by atoms with Crippen molar-refractivity contribution in [1.29, 1.82) is 0 Å². The summed E-state index contributed by atoms with van der Waals surface area (Å²) in [6.07, 6.45) is 3.87. The zero-order chi connectivity index (χ0) is 57.0. The lowest BCUT2D eigenvalue weighted by Gasteiger charge is -2.28. The topological polar surface area (TPSA) is 438 Å². The highest BCUT2D eigenvalue weighted by Gasteiger charge is 2.34. The van der Waals surface area contributed by atoms with Crippen molar-refractivity contribution in [2.75, 3.05) is 26.2 Å². The predicted molar refractivity (Wildman–Crippen MR) is 294 cm³/mol. The van der Waals surface area contributed by atoms with Gasteiger partial charge in [-0.05, 0) is 93.4 Å². The minimum Gasteiger partial charge on any atom is -0.480 e. The number of H-pyrrole nitrogens is 1. The van der Waals surface area contributed by atoms with Crippen LogP contribution in [0.4, 0.5) is 0 Å². The number of rotatable bonds is 35. The molecule has 424 valence electrons. The third-order valence-electron chi connectivity index (χ3n) is 12.7. The van der Waals surface area contributed by atoms with Crippen LogP contribution in [-0.2, 0) is 51.2 Å². The molecule has 0 saturated heterocycles. The molecule has 0 aliphatic rings. The number of unbranched alkanes of at least 4 members (excludes halogenated alkanes) is 1. The lowest BCUT2D eigenvalue weighted by Crippen LogP contribution is -2.59. The highest BCUT2D eigenvalue weighted by atomic mass is 16.4. The summed E-state index contributed by atoms with van der Waals surface area (Å²) in [5.41, 5.74) is 36.2. The van der Waals surface area contributed by atoms with Crippen LogP contribution in [0.3, 0.4) is 0 Å². The van der Waals surface area contributed by atoms with Crippen LogP contribution in [0.15, 0.2) is 70.8 Å². The van der Waals surface area contributed by atoms with Gasteiger partial charge in [0.2, 0.25) is 41.4 Å². The molecular formula is C52H82N16O9. The van der Waals surface area contributed by atoms with Crippen LogP contribution in [0.25, 0.3) is 10.9 Å². The minimum absolute atomic E-state index is 0.0208.